The number of nitrogens with zero attached hydrogens (tertiary/aromatic N) is 2. The minimum Gasteiger partial charge on any atom is -0.332 e. The van der Waals surface area contributed by atoms with Crippen molar-refractivity contribution in [3.05, 3.63) is 114 Å². The number of imidazole rings is 1. The van der Waals surface area contributed by atoms with Crippen LogP contribution in [-0.2, 0) is 6.54 Å². The van der Waals surface area contributed by atoms with Crippen LogP contribution in [0.1, 0.15) is 26.4 Å². The Bertz CT molecular complexity index is 1200. The van der Waals surface area contributed by atoms with Crippen LogP contribution >= 0.6 is 0 Å². The van der Waals surface area contributed by atoms with Gasteiger partial charge in [0.25, 0.3) is 11.8 Å². The number of hydrogen-bond acceptors (Lipinski definition) is 3. The highest BCUT2D eigenvalue weighted by atomic mass is 19.1. The van der Waals surface area contributed by atoms with E-state index in [1.54, 1.807) is 35.3 Å². The van der Waals surface area contributed by atoms with Crippen molar-refractivity contribution >= 4 is 23.2 Å². The highest BCUT2D eigenvalue weighted by Gasteiger charge is 2.11. The standard InChI is InChI=1S/C24H19FN4O2/c25-19-7-4-8-21(13-19)28-24(31)22-15-29(16-26-22)14-17-9-11-20(12-10-17)27-23(30)18-5-2-1-3-6-18/h1-13,15-16H,14H2,(H,27,30)(H,28,31). The van der Waals surface area contributed by atoms with Crippen LogP contribution in [0.15, 0.2) is 91.4 Å². The topological polar surface area (TPSA) is 76.0 Å². The molecule has 154 valence electrons. The van der Waals surface area contributed by atoms with E-state index in [1.165, 1.54) is 18.2 Å². The Morgan fingerprint density at radius 1 is 0.839 bits per heavy atom. The zero-order valence-electron chi connectivity index (χ0n) is 16.5. The van der Waals surface area contributed by atoms with E-state index in [1.807, 2.05) is 42.5 Å². The Morgan fingerprint density at radius 2 is 1.58 bits per heavy atom. The van der Waals surface area contributed by atoms with Crippen LogP contribution in [-0.4, -0.2) is 21.4 Å². The molecule has 0 atom stereocenters. The second-order valence-corrected chi connectivity index (χ2v) is 6.91. The van der Waals surface area contributed by atoms with Crippen molar-refractivity contribution in [2.24, 2.45) is 0 Å². The van der Waals surface area contributed by atoms with Gasteiger partial charge in [-0.05, 0) is 48.0 Å². The van der Waals surface area contributed by atoms with Gasteiger partial charge in [0.1, 0.15) is 11.5 Å². The van der Waals surface area contributed by atoms with Gasteiger partial charge in [0.2, 0.25) is 0 Å². The number of amides is 2. The van der Waals surface area contributed by atoms with Gasteiger partial charge in [0.15, 0.2) is 0 Å². The number of carbonyl (C=O) groups excluding carboxylic acids is 2. The molecule has 0 saturated carbocycles. The third kappa shape index (κ3) is 5.22. The van der Waals surface area contributed by atoms with Crippen molar-refractivity contribution < 1.29 is 14.0 Å². The first-order valence-electron chi connectivity index (χ1n) is 9.61. The van der Waals surface area contributed by atoms with Crippen LogP contribution in [0.4, 0.5) is 15.8 Å². The van der Waals surface area contributed by atoms with E-state index in [2.05, 4.69) is 15.6 Å². The quantitative estimate of drug-likeness (QED) is 0.485. The fourth-order valence-electron chi connectivity index (χ4n) is 3.02. The molecule has 1 heterocycles. The monoisotopic (exact) mass is 414 g/mol. The molecule has 1 aromatic heterocycles. The molecule has 4 rings (SSSR count). The molecule has 6 nitrogen and oxygen atoms in total. The minimum atomic E-state index is -0.424. The molecule has 0 saturated heterocycles. The summed E-state index contributed by atoms with van der Waals surface area (Å²) >= 11 is 0. The van der Waals surface area contributed by atoms with Gasteiger partial charge in [0, 0.05) is 29.7 Å². The molecule has 4 aromatic rings. The predicted octanol–water partition coefficient (Wildman–Crippen LogP) is 4.58. The SMILES string of the molecule is O=C(Nc1ccc(Cn2cnc(C(=O)Nc3cccc(F)c3)c2)cc1)c1ccccc1. The fourth-order valence-corrected chi connectivity index (χ4v) is 3.02. The third-order valence-electron chi connectivity index (χ3n) is 4.56. The van der Waals surface area contributed by atoms with Crippen molar-refractivity contribution in [2.75, 3.05) is 10.6 Å². The number of aromatic nitrogens is 2. The molecule has 7 heteroatoms. The Hall–Kier alpha value is -4.26. The summed E-state index contributed by atoms with van der Waals surface area (Å²) in [7, 11) is 0. The van der Waals surface area contributed by atoms with Gasteiger partial charge in [-0.15, -0.1) is 0 Å². The highest BCUT2D eigenvalue weighted by molar-refractivity contribution is 6.04. The molecule has 3 aromatic carbocycles. The summed E-state index contributed by atoms with van der Waals surface area (Å²) in [6, 6.07) is 22.1. The molecule has 0 radical (unpaired) electrons. The van der Waals surface area contributed by atoms with Crippen molar-refractivity contribution in [2.45, 2.75) is 6.54 Å². The Morgan fingerprint density at radius 3 is 2.32 bits per heavy atom. The average molecular weight is 414 g/mol. The molecule has 0 aliphatic heterocycles. The summed E-state index contributed by atoms with van der Waals surface area (Å²) in [6.07, 6.45) is 3.19. The van der Waals surface area contributed by atoms with E-state index in [0.717, 1.165) is 5.56 Å². The summed E-state index contributed by atoms with van der Waals surface area (Å²) in [5.74, 6) is -1.01. The largest absolute Gasteiger partial charge is 0.332 e. The van der Waals surface area contributed by atoms with Crippen LogP contribution in [0.25, 0.3) is 0 Å². The fraction of sp³-hybridized carbons (Fsp3) is 0.0417. The predicted molar refractivity (Wildman–Crippen MR) is 117 cm³/mol. The zero-order chi connectivity index (χ0) is 21.6. The molecule has 0 aliphatic rings. The number of rotatable bonds is 6. The molecule has 31 heavy (non-hydrogen) atoms. The van der Waals surface area contributed by atoms with E-state index in [4.69, 9.17) is 0 Å². The van der Waals surface area contributed by atoms with Gasteiger partial charge >= 0.3 is 0 Å². The van der Waals surface area contributed by atoms with Gasteiger partial charge in [-0.2, -0.15) is 0 Å². The van der Waals surface area contributed by atoms with E-state index in [-0.39, 0.29) is 11.6 Å². The highest BCUT2D eigenvalue weighted by Crippen LogP contribution is 2.14. The molecule has 2 N–H and O–H groups in total. The van der Waals surface area contributed by atoms with E-state index in [9.17, 15) is 14.0 Å². The van der Waals surface area contributed by atoms with Gasteiger partial charge in [-0.3, -0.25) is 9.59 Å². The van der Waals surface area contributed by atoms with Gasteiger partial charge in [0.05, 0.1) is 6.33 Å². The lowest BCUT2D eigenvalue weighted by Crippen LogP contribution is -2.12. The summed E-state index contributed by atoms with van der Waals surface area (Å²) in [6.45, 7) is 0.507. The number of benzene rings is 3. The van der Waals surface area contributed by atoms with Crippen LogP contribution in [0.5, 0.6) is 0 Å². The van der Waals surface area contributed by atoms with Gasteiger partial charge in [-0.25, -0.2) is 9.37 Å². The molecule has 0 bridgehead atoms. The smallest absolute Gasteiger partial charge is 0.275 e. The second kappa shape index (κ2) is 9.04. The van der Waals surface area contributed by atoms with Crippen molar-refractivity contribution in [1.82, 2.24) is 9.55 Å². The molecule has 0 aliphatic carbocycles. The number of hydrogen-bond donors (Lipinski definition) is 2. The van der Waals surface area contributed by atoms with Crippen LogP contribution < -0.4 is 10.6 Å². The molecular weight excluding hydrogens is 395 g/mol. The first-order valence-corrected chi connectivity index (χ1v) is 9.61. The number of halogens is 1. The van der Waals surface area contributed by atoms with E-state index < -0.39 is 11.7 Å². The molecular formula is C24H19FN4O2. The molecule has 0 spiro atoms. The number of carbonyl (C=O) groups is 2. The Balaban J connectivity index is 1.36. The summed E-state index contributed by atoms with van der Waals surface area (Å²) < 4.78 is 15.0. The maximum Gasteiger partial charge on any atom is 0.275 e. The van der Waals surface area contributed by atoms with E-state index in [0.29, 0.717) is 23.5 Å². The normalized spacial score (nSPS) is 10.5. The first-order chi connectivity index (χ1) is 15.1. The average Bonchev–Trinajstić information content (AvgIpc) is 3.24. The Labute approximate surface area is 178 Å². The van der Waals surface area contributed by atoms with Gasteiger partial charge < -0.3 is 15.2 Å². The summed E-state index contributed by atoms with van der Waals surface area (Å²) in [5, 5.41) is 5.48. The maximum absolute atomic E-state index is 13.3. The maximum atomic E-state index is 13.3. The van der Waals surface area contributed by atoms with Crippen molar-refractivity contribution in [3.63, 3.8) is 0 Å². The minimum absolute atomic E-state index is 0.170. The first kappa shape index (κ1) is 20.0. The Kier molecular flexibility index (Phi) is 5.84. The second-order valence-electron chi connectivity index (χ2n) is 6.91. The lowest BCUT2D eigenvalue weighted by atomic mass is 10.2. The van der Waals surface area contributed by atoms with Crippen LogP contribution in [0.3, 0.4) is 0 Å². The van der Waals surface area contributed by atoms with Crippen molar-refractivity contribution in [3.8, 4) is 0 Å². The summed E-state index contributed by atoms with van der Waals surface area (Å²) in [5.41, 5.74) is 2.86. The van der Waals surface area contributed by atoms with Gasteiger partial charge in [-0.1, -0.05) is 36.4 Å². The van der Waals surface area contributed by atoms with Crippen LogP contribution in [0.2, 0.25) is 0 Å². The number of nitrogens with one attached hydrogen (secondary N) is 2. The molecule has 0 unspecified atom stereocenters. The lowest BCUT2D eigenvalue weighted by molar-refractivity contribution is 0.101. The number of anilines is 2. The lowest BCUT2D eigenvalue weighted by Gasteiger charge is -2.07. The molecule has 2 amide bonds. The third-order valence-corrected chi connectivity index (χ3v) is 4.56. The summed E-state index contributed by atoms with van der Waals surface area (Å²) in [4.78, 5) is 28.7. The van der Waals surface area contributed by atoms with Crippen LogP contribution in [0, 0.1) is 5.82 Å². The zero-order valence-corrected chi connectivity index (χ0v) is 16.5. The molecule has 0 fully saturated rings. The van der Waals surface area contributed by atoms with E-state index >= 15 is 0 Å². The van der Waals surface area contributed by atoms with Crippen molar-refractivity contribution in [1.29, 1.82) is 0 Å².